The van der Waals surface area contributed by atoms with E-state index in [0.29, 0.717) is 32.5 Å². The second-order valence-electron chi connectivity index (χ2n) is 9.11. The number of carbonyl (C=O) groups is 5. The number of hydrogen-bond acceptors (Lipinski definition) is 6. The Hall–Kier alpha value is -2.29. The summed E-state index contributed by atoms with van der Waals surface area (Å²) >= 11 is 0. The average Bonchev–Trinajstić information content (AvgIpc) is 2.81. The van der Waals surface area contributed by atoms with E-state index in [1.807, 2.05) is 7.05 Å². The monoisotopic (exact) mass is 496 g/mol. The summed E-state index contributed by atoms with van der Waals surface area (Å²) in [6.07, 6.45) is 10.4. The van der Waals surface area contributed by atoms with Gasteiger partial charge in [0.1, 0.15) is 11.6 Å². The Morgan fingerprint density at radius 1 is 0.486 bits per heavy atom. The lowest BCUT2D eigenvalue weighted by Crippen LogP contribution is -2.28. The smallest absolute Gasteiger partial charge is 0.227 e. The third-order valence-electron chi connectivity index (χ3n) is 5.59. The van der Waals surface area contributed by atoms with Crippen molar-refractivity contribution < 1.29 is 24.0 Å². The minimum absolute atomic E-state index is 0.0266. The second-order valence-corrected chi connectivity index (χ2v) is 9.11. The first-order valence-electron chi connectivity index (χ1n) is 13.3. The molecule has 35 heavy (non-hydrogen) atoms. The molecular weight excluding hydrogens is 448 g/mol. The van der Waals surface area contributed by atoms with E-state index in [1.54, 1.807) is 6.92 Å². The Labute approximate surface area is 211 Å². The first kappa shape index (κ1) is 32.7. The zero-order valence-corrected chi connectivity index (χ0v) is 22.0. The van der Waals surface area contributed by atoms with Crippen molar-refractivity contribution in [3.63, 3.8) is 0 Å². The van der Waals surface area contributed by atoms with E-state index in [4.69, 9.17) is 0 Å². The SMILES string of the molecule is CNCCCCCCNC(=O)CCC(=O)CC(=O)NCCCCCCNC(=O)CCCCC(C)=O. The zero-order chi connectivity index (χ0) is 26.2. The van der Waals surface area contributed by atoms with E-state index in [-0.39, 0.29) is 48.6 Å². The summed E-state index contributed by atoms with van der Waals surface area (Å²) in [5, 5.41) is 11.6. The number of hydrogen-bond donors (Lipinski definition) is 4. The summed E-state index contributed by atoms with van der Waals surface area (Å²) < 4.78 is 0. The largest absolute Gasteiger partial charge is 0.356 e. The normalized spacial score (nSPS) is 10.6. The Bertz CT molecular complexity index is 625. The van der Waals surface area contributed by atoms with E-state index in [1.165, 1.54) is 0 Å². The lowest BCUT2D eigenvalue weighted by Gasteiger charge is -2.07. The molecule has 0 saturated heterocycles. The molecule has 9 nitrogen and oxygen atoms in total. The van der Waals surface area contributed by atoms with Gasteiger partial charge in [-0.1, -0.05) is 25.7 Å². The van der Waals surface area contributed by atoms with Crippen molar-refractivity contribution in [2.75, 3.05) is 33.2 Å². The van der Waals surface area contributed by atoms with Gasteiger partial charge in [0.05, 0.1) is 6.42 Å². The highest BCUT2D eigenvalue weighted by Gasteiger charge is 2.11. The number of ketones is 2. The predicted molar refractivity (Wildman–Crippen MR) is 138 cm³/mol. The van der Waals surface area contributed by atoms with Crippen LogP contribution in [-0.2, 0) is 24.0 Å². The quantitative estimate of drug-likeness (QED) is 0.120. The molecule has 0 atom stereocenters. The molecule has 202 valence electrons. The van der Waals surface area contributed by atoms with E-state index >= 15 is 0 Å². The van der Waals surface area contributed by atoms with Gasteiger partial charge in [-0.05, 0) is 59.0 Å². The fourth-order valence-corrected chi connectivity index (χ4v) is 3.49. The Morgan fingerprint density at radius 3 is 1.46 bits per heavy atom. The van der Waals surface area contributed by atoms with Crippen LogP contribution >= 0.6 is 0 Å². The lowest BCUT2D eigenvalue weighted by molar-refractivity contribution is -0.130. The molecule has 0 unspecified atom stereocenters. The number of unbranched alkanes of at least 4 members (excludes halogenated alkanes) is 7. The third kappa shape index (κ3) is 24.6. The number of amides is 3. The molecule has 4 N–H and O–H groups in total. The highest BCUT2D eigenvalue weighted by atomic mass is 16.2. The summed E-state index contributed by atoms with van der Waals surface area (Å²) in [6, 6.07) is 0. The van der Waals surface area contributed by atoms with Gasteiger partial charge in [0.15, 0.2) is 0 Å². The molecule has 0 bridgehead atoms. The first-order chi connectivity index (χ1) is 16.8. The molecule has 0 rings (SSSR count). The Balaban J connectivity index is 3.53. The summed E-state index contributed by atoms with van der Waals surface area (Å²) in [6.45, 7) is 4.35. The van der Waals surface area contributed by atoms with E-state index in [0.717, 1.165) is 70.8 Å². The van der Waals surface area contributed by atoms with Gasteiger partial charge in [0, 0.05) is 45.3 Å². The summed E-state index contributed by atoms with van der Waals surface area (Å²) in [5.74, 6) is -0.474. The van der Waals surface area contributed by atoms with Gasteiger partial charge >= 0.3 is 0 Å². The van der Waals surface area contributed by atoms with Crippen LogP contribution in [0.5, 0.6) is 0 Å². The number of nitrogens with one attached hydrogen (secondary N) is 4. The van der Waals surface area contributed by atoms with Crippen LogP contribution < -0.4 is 21.3 Å². The topological polar surface area (TPSA) is 133 Å². The molecule has 0 saturated carbocycles. The van der Waals surface area contributed by atoms with E-state index in [2.05, 4.69) is 21.3 Å². The third-order valence-corrected chi connectivity index (χ3v) is 5.59. The van der Waals surface area contributed by atoms with E-state index < -0.39 is 0 Å². The lowest BCUT2D eigenvalue weighted by atomic mass is 10.1. The average molecular weight is 497 g/mol. The van der Waals surface area contributed by atoms with E-state index in [9.17, 15) is 24.0 Å². The van der Waals surface area contributed by atoms with Crippen molar-refractivity contribution >= 4 is 29.3 Å². The van der Waals surface area contributed by atoms with Crippen LogP contribution in [0, 0.1) is 0 Å². The molecule has 0 aromatic carbocycles. The van der Waals surface area contributed by atoms with Crippen molar-refractivity contribution in [2.45, 2.75) is 103 Å². The Morgan fingerprint density at radius 2 is 0.943 bits per heavy atom. The molecule has 9 heteroatoms. The van der Waals surface area contributed by atoms with Crippen LogP contribution in [0.1, 0.15) is 103 Å². The fraction of sp³-hybridized carbons (Fsp3) is 0.808. The summed E-state index contributed by atoms with van der Waals surface area (Å²) in [7, 11) is 1.93. The molecular formula is C26H48N4O5. The Kier molecular flexibility index (Phi) is 21.9. The van der Waals surface area contributed by atoms with Gasteiger partial charge in [-0.25, -0.2) is 0 Å². The molecule has 0 aromatic rings. The molecule has 0 radical (unpaired) electrons. The molecule has 0 spiro atoms. The van der Waals surface area contributed by atoms with Crippen LogP contribution in [0.4, 0.5) is 0 Å². The molecule has 0 aliphatic carbocycles. The minimum atomic E-state index is -0.297. The van der Waals surface area contributed by atoms with Crippen LogP contribution in [0.3, 0.4) is 0 Å². The van der Waals surface area contributed by atoms with Crippen molar-refractivity contribution in [1.82, 2.24) is 21.3 Å². The number of rotatable bonds is 24. The fourth-order valence-electron chi connectivity index (χ4n) is 3.49. The maximum Gasteiger partial charge on any atom is 0.227 e. The number of Topliss-reactive ketones (excluding diaryl/α,β-unsaturated/α-hetero) is 2. The van der Waals surface area contributed by atoms with Gasteiger partial charge in [0.25, 0.3) is 0 Å². The molecule has 0 aliphatic rings. The number of carbonyl (C=O) groups excluding carboxylic acids is 5. The van der Waals surface area contributed by atoms with Crippen molar-refractivity contribution in [3.05, 3.63) is 0 Å². The highest BCUT2D eigenvalue weighted by Crippen LogP contribution is 2.02. The second kappa shape index (κ2) is 23.5. The van der Waals surface area contributed by atoms with Crippen LogP contribution in [0.25, 0.3) is 0 Å². The first-order valence-corrected chi connectivity index (χ1v) is 13.3. The molecule has 0 fully saturated rings. The molecule has 0 aliphatic heterocycles. The van der Waals surface area contributed by atoms with Crippen LogP contribution in [0.15, 0.2) is 0 Å². The molecule has 0 heterocycles. The van der Waals surface area contributed by atoms with Crippen LogP contribution in [0.2, 0.25) is 0 Å². The minimum Gasteiger partial charge on any atom is -0.356 e. The molecule has 0 aromatic heterocycles. The van der Waals surface area contributed by atoms with Crippen molar-refractivity contribution in [2.24, 2.45) is 0 Å². The van der Waals surface area contributed by atoms with Gasteiger partial charge in [-0.3, -0.25) is 19.2 Å². The highest BCUT2D eigenvalue weighted by molar-refractivity contribution is 5.99. The summed E-state index contributed by atoms with van der Waals surface area (Å²) in [4.78, 5) is 58.1. The van der Waals surface area contributed by atoms with Gasteiger partial charge in [-0.15, -0.1) is 0 Å². The standard InChI is InChI=1S/C26H48N4O5/c1-22(31)13-7-8-14-24(33)28-18-11-5-6-12-20-30-26(35)21-23(32)15-16-25(34)29-19-10-4-3-9-17-27-2/h27H,3-21H2,1-2H3,(H,28,33)(H,29,34)(H,30,35). The predicted octanol–water partition coefficient (Wildman–Crippen LogP) is 2.56. The van der Waals surface area contributed by atoms with Gasteiger partial charge in [0.2, 0.25) is 17.7 Å². The van der Waals surface area contributed by atoms with Crippen LogP contribution in [-0.4, -0.2) is 62.5 Å². The molecule has 3 amide bonds. The van der Waals surface area contributed by atoms with Crippen molar-refractivity contribution in [3.8, 4) is 0 Å². The summed E-state index contributed by atoms with van der Waals surface area (Å²) in [5.41, 5.74) is 0. The van der Waals surface area contributed by atoms with Crippen molar-refractivity contribution in [1.29, 1.82) is 0 Å². The zero-order valence-electron chi connectivity index (χ0n) is 22.0. The maximum atomic E-state index is 11.9. The van der Waals surface area contributed by atoms with Gasteiger partial charge in [-0.2, -0.15) is 0 Å². The van der Waals surface area contributed by atoms with Gasteiger partial charge < -0.3 is 26.1 Å². The maximum absolute atomic E-state index is 11.9.